The van der Waals surface area contributed by atoms with Gasteiger partial charge >= 0.3 is 6.09 Å². The molecule has 0 atom stereocenters. The summed E-state index contributed by atoms with van der Waals surface area (Å²) in [4.78, 5) is 43.8. The zero-order chi connectivity index (χ0) is 19.4. The van der Waals surface area contributed by atoms with E-state index in [0.29, 0.717) is 41.1 Å². The third-order valence-electron chi connectivity index (χ3n) is 4.01. The average molecular weight is 411 g/mol. The number of H-pyrrole nitrogens is 1. The van der Waals surface area contributed by atoms with Crippen LogP contribution in [0.3, 0.4) is 0 Å². The van der Waals surface area contributed by atoms with Gasteiger partial charge in [0.1, 0.15) is 18.0 Å². The van der Waals surface area contributed by atoms with Crippen molar-refractivity contribution in [1.82, 2.24) is 20.2 Å². The number of ether oxygens (including phenoxy) is 1. The number of carbonyl (C=O) groups is 2. The predicted octanol–water partition coefficient (Wildman–Crippen LogP) is 1.85. The van der Waals surface area contributed by atoms with E-state index in [-0.39, 0.29) is 18.5 Å². The second-order valence-corrected chi connectivity index (χ2v) is 6.62. The molecule has 0 aliphatic carbocycles. The minimum atomic E-state index is -0.571. The minimum Gasteiger partial charge on any atom is -0.448 e. The zero-order valence-electron chi connectivity index (χ0n) is 14.1. The molecule has 0 unspecified atom stereocenters. The number of amides is 2. The molecule has 1 aliphatic rings. The second-order valence-electron chi connectivity index (χ2n) is 5.81. The van der Waals surface area contributed by atoms with E-state index in [1.165, 1.54) is 11.1 Å². The number of aromatic amines is 1. The molecule has 2 heterocycles. The Balaban J connectivity index is 1.63. The zero-order valence-corrected chi connectivity index (χ0v) is 15.6. The lowest BCUT2D eigenvalue weighted by Gasteiger charge is -2.12. The first-order chi connectivity index (χ1) is 13.0. The van der Waals surface area contributed by atoms with Gasteiger partial charge in [-0.15, -0.1) is 0 Å². The predicted molar refractivity (Wildman–Crippen MR) is 99.4 cm³/mol. The Morgan fingerprint density at radius 2 is 2.04 bits per heavy atom. The second kappa shape index (κ2) is 8.41. The molecular formula is C17H16Cl2N4O4. The number of nitrogens with one attached hydrogen (secondary N) is 2. The van der Waals surface area contributed by atoms with Gasteiger partial charge in [0.15, 0.2) is 0 Å². The van der Waals surface area contributed by atoms with Crippen LogP contribution in [-0.4, -0.2) is 53.1 Å². The summed E-state index contributed by atoms with van der Waals surface area (Å²) < 4.78 is 4.80. The van der Waals surface area contributed by atoms with Gasteiger partial charge in [0.2, 0.25) is 0 Å². The van der Waals surface area contributed by atoms with E-state index in [0.717, 1.165) is 0 Å². The molecule has 1 saturated heterocycles. The molecule has 2 amide bonds. The summed E-state index contributed by atoms with van der Waals surface area (Å²) in [6.07, 6.45) is 1.02. The molecule has 27 heavy (non-hydrogen) atoms. The fourth-order valence-corrected chi connectivity index (χ4v) is 3.11. The lowest BCUT2D eigenvalue weighted by atomic mass is 10.1. The van der Waals surface area contributed by atoms with Crippen LogP contribution < -0.4 is 10.9 Å². The van der Waals surface area contributed by atoms with Gasteiger partial charge in [-0.25, -0.2) is 9.78 Å². The Kier molecular flexibility index (Phi) is 5.98. The smallest absolute Gasteiger partial charge is 0.409 e. The maximum atomic E-state index is 12.2. The topological polar surface area (TPSA) is 104 Å². The van der Waals surface area contributed by atoms with Crippen LogP contribution in [0.2, 0.25) is 10.0 Å². The molecule has 1 fully saturated rings. The van der Waals surface area contributed by atoms with Gasteiger partial charge < -0.3 is 19.9 Å². The fourth-order valence-electron chi connectivity index (χ4n) is 2.58. The van der Waals surface area contributed by atoms with Crippen LogP contribution in [0.25, 0.3) is 0 Å². The Hall–Kier alpha value is -2.58. The van der Waals surface area contributed by atoms with Crippen molar-refractivity contribution in [3.05, 3.63) is 61.7 Å². The maximum Gasteiger partial charge on any atom is 0.409 e. The normalized spacial score (nSPS) is 13.6. The number of hydrogen-bond acceptors (Lipinski definition) is 5. The van der Waals surface area contributed by atoms with Crippen LogP contribution in [0.15, 0.2) is 29.2 Å². The van der Waals surface area contributed by atoms with Crippen molar-refractivity contribution in [3.8, 4) is 0 Å². The highest BCUT2D eigenvalue weighted by molar-refractivity contribution is 6.36. The number of aromatic nitrogens is 2. The minimum absolute atomic E-state index is 0.118. The van der Waals surface area contributed by atoms with Gasteiger partial charge in [-0.2, -0.15) is 0 Å². The highest BCUT2D eigenvalue weighted by Gasteiger charge is 2.21. The van der Waals surface area contributed by atoms with Gasteiger partial charge in [-0.3, -0.25) is 9.59 Å². The van der Waals surface area contributed by atoms with Crippen molar-refractivity contribution >= 4 is 35.2 Å². The van der Waals surface area contributed by atoms with E-state index < -0.39 is 17.6 Å². The van der Waals surface area contributed by atoms with Crippen LogP contribution in [0.4, 0.5) is 4.79 Å². The number of halogens is 2. The van der Waals surface area contributed by atoms with Gasteiger partial charge in [-0.05, 0) is 17.7 Å². The molecule has 1 aromatic heterocycles. The molecule has 1 aliphatic heterocycles. The van der Waals surface area contributed by atoms with Gasteiger partial charge in [0.05, 0.1) is 6.54 Å². The molecule has 3 rings (SSSR count). The van der Waals surface area contributed by atoms with Gasteiger partial charge in [-0.1, -0.05) is 29.3 Å². The van der Waals surface area contributed by atoms with E-state index in [1.807, 2.05) is 0 Å². The molecule has 0 radical (unpaired) electrons. The number of nitrogens with zero attached hydrogens (tertiary/aromatic N) is 2. The molecule has 0 bridgehead atoms. The maximum absolute atomic E-state index is 12.2. The van der Waals surface area contributed by atoms with Crippen molar-refractivity contribution in [2.24, 2.45) is 0 Å². The average Bonchev–Trinajstić information content (AvgIpc) is 3.03. The van der Waals surface area contributed by atoms with Crippen LogP contribution in [0.1, 0.15) is 21.7 Å². The third-order valence-corrected chi connectivity index (χ3v) is 4.72. The quantitative estimate of drug-likeness (QED) is 0.755. The van der Waals surface area contributed by atoms with E-state index in [9.17, 15) is 14.4 Å². The van der Waals surface area contributed by atoms with Gasteiger partial charge in [0, 0.05) is 35.8 Å². The molecule has 2 aromatic rings. The molecule has 0 saturated carbocycles. The van der Waals surface area contributed by atoms with Crippen LogP contribution in [0.5, 0.6) is 0 Å². The first kappa shape index (κ1) is 19.2. The molecule has 2 N–H and O–H groups in total. The summed E-state index contributed by atoms with van der Waals surface area (Å²) in [6, 6.07) is 5.11. The molecule has 1 aromatic carbocycles. The lowest BCUT2D eigenvalue weighted by Crippen LogP contribution is -2.37. The standard InChI is InChI=1S/C17H16Cl2N4O4/c18-12-2-1-3-13(19)10(12)8-14-21-9-11(16(25)22-14)15(24)20-4-5-23-6-7-27-17(23)26/h1-3,9H,4-8H2,(H,20,24)(H,21,22,25). The van der Waals surface area contributed by atoms with E-state index in [2.05, 4.69) is 15.3 Å². The molecule has 10 heteroatoms. The summed E-state index contributed by atoms with van der Waals surface area (Å²) in [5.74, 6) is -0.231. The monoisotopic (exact) mass is 410 g/mol. The summed E-state index contributed by atoms with van der Waals surface area (Å²) >= 11 is 12.2. The summed E-state index contributed by atoms with van der Waals surface area (Å²) in [6.45, 7) is 1.33. The Morgan fingerprint density at radius 1 is 1.30 bits per heavy atom. The SMILES string of the molecule is O=C(NCCN1CCOC1=O)c1cnc(Cc2c(Cl)cccc2Cl)[nH]c1=O. The largest absolute Gasteiger partial charge is 0.448 e. The van der Waals surface area contributed by atoms with Crippen molar-refractivity contribution in [2.45, 2.75) is 6.42 Å². The number of benzene rings is 1. The number of carbonyl (C=O) groups excluding carboxylic acids is 2. The lowest BCUT2D eigenvalue weighted by molar-refractivity contribution is 0.0947. The van der Waals surface area contributed by atoms with Crippen LogP contribution in [-0.2, 0) is 11.2 Å². The van der Waals surface area contributed by atoms with Crippen molar-refractivity contribution in [1.29, 1.82) is 0 Å². The Morgan fingerprint density at radius 3 is 2.67 bits per heavy atom. The number of hydrogen-bond donors (Lipinski definition) is 2. The van der Waals surface area contributed by atoms with Crippen molar-refractivity contribution < 1.29 is 14.3 Å². The highest BCUT2D eigenvalue weighted by Crippen LogP contribution is 2.25. The molecule has 0 spiro atoms. The highest BCUT2D eigenvalue weighted by atomic mass is 35.5. The molecule has 142 valence electrons. The van der Waals surface area contributed by atoms with E-state index in [1.54, 1.807) is 18.2 Å². The Labute approximate surface area is 164 Å². The third kappa shape index (κ3) is 4.58. The number of rotatable bonds is 6. The Bertz CT molecular complexity index is 911. The van der Waals surface area contributed by atoms with E-state index >= 15 is 0 Å². The van der Waals surface area contributed by atoms with Crippen LogP contribution >= 0.6 is 23.2 Å². The number of cyclic esters (lactones) is 1. The first-order valence-corrected chi connectivity index (χ1v) is 8.92. The van der Waals surface area contributed by atoms with Gasteiger partial charge in [0.25, 0.3) is 11.5 Å². The fraction of sp³-hybridized carbons (Fsp3) is 0.294. The van der Waals surface area contributed by atoms with E-state index in [4.69, 9.17) is 27.9 Å². The van der Waals surface area contributed by atoms with Crippen molar-refractivity contribution in [2.75, 3.05) is 26.2 Å². The summed E-state index contributed by atoms with van der Waals surface area (Å²) in [5, 5.41) is 3.51. The molecule has 8 nitrogen and oxygen atoms in total. The van der Waals surface area contributed by atoms with Crippen LogP contribution in [0, 0.1) is 0 Å². The molecular weight excluding hydrogens is 395 g/mol. The summed E-state index contributed by atoms with van der Waals surface area (Å²) in [7, 11) is 0. The van der Waals surface area contributed by atoms with Crippen molar-refractivity contribution in [3.63, 3.8) is 0 Å². The first-order valence-electron chi connectivity index (χ1n) is 8.16. The summed E-state index contributed by atoms with van der Waals surface area (Å²) in [5.41, 5.74) is -0.0482.